The van der Waals surface area contributed by atoms with Crippen LogP contribution < -0.4 is 10.2 Å². The number of rotatable bonds is 1. The predicted molar refractivity (Wildman–Crippen MR) is 93.8 cm³/mol. The Morgan fingerprint density at radius 1 is 1.08 bits per heavy atom. The summed E-state index contributed by atoms with van der Waals surface area (Å²) in [5.74, 6) is 2.06. The third kappa shape index (κ3) is 8.54. The molecule has 3 N–H and O–H groups in total. The summed E-state index contributed by atoms with van der Waals surface area (Å²) in [6.45, 7) is 7.35. The molecule has 2 aliphatic rings. The van der Waals surface area contributed by atoms with Crippen molar-refractivity contribution in [3.8, 4) is 0 Å². The lowest BCUT2D eigenvalue weighted by molar-refractivity contribution is 0.488. The average Bonchev–Trinajstić information content (AvgIpc) is 2.63. The van der Waals surface area contributed by atoms with Crippen LogP contribution in [0.5, 0.6) is 0 Å². The standard InChI is InChI=1S/C11H16N4.2CH4O3S/c1-7-10-9(6-12-7)13-8(2)14-11(10)15-4-3-5-15;2*1-5(2,3)4/h7,12H,3-6H2,1-2H3;2*1H3,(H,2,3,4). The van der Waals surface area contributed by atoms with Gasteiger partial charge in [0.1, 0.15) is 11.6 Å². The molecule has 1 unspecified atom stereocenters. The van der Waals surface area contributed by atoms with Crippen LogP contribution in [0, 0.1) is 6.92 Å². The Labute approximate surface area is 148 Å². The van der Waals surface area contributed by atoms with E-state index in [0.29, 0.717) is 18.6 Å². The molecule has 144 valence electrons. The molecule has 0 aliphatic carbocycles. The minimum atomic E-state index is -3.67. The Bertz CT molecular complexity index is 760. The largest absolute Gasteiger partial charge is 0.356 e. The van der Waals surface area contributed by atoms with Gasteiger partial charge in [-0.15, -0.1) is 0 Å². The van der Waals surface area contributed by atoms with Gasteiger partial charge in [0.25, 0.3) is 20.2 Å². The lowest BCUT2D eigenvalue weighted by atomic mass is 10.1. The Balaban J connectivity index is 0.000000262. The van der Waals surface area contributed by atoms with Crippen LogP contribution in [0.1, 0.15) is 36.5 Å². The normalized spacial score (nSPS) is 19.0. The van der Waals surface area contributed by atoms with Crippen LogP contribution in [-0.4, -0.2) is 61.5 Å². The smallest absolute Gasteiger partial charge is 0.261 e. The zero-order valence-corrected chi connectivity index (χ0v) is 16.2. The van der Waals surface area contributed by atoms with Gasteiger partial charge in [-0.2, -0.15) is 16.8 Å². The van der Waals surface area contributed by atoms with Gasteiger partial charge in [-0.05, 0) is 20.3 Å². The van der Waals surface area contributed by atoms with Gasteiger partial charge < -0.3 is 10.2 Å². The van der Waals surface area contributed by atoms with Gasteiger partial charge in [-0.1, -0.05) is 0 Å². The summed E-state index contributed by atoms with van der Waals surface area (Å²) < 4.78 is 51.7. The summed E-state index contributed by atoms with van der Waals surface area (Å²) in [4.78, 5) is 11.5. The molecule has 0 bridgehead atoms. The Hall–Kier alpha value is -1.34. The molecule has 10 nitrogen and oxygen atoms in total. The summed E-state index contributed by atoms with van der Waals surface area (Å²) in [6.07, 6.45) is 2.72. The molecule has 1 saturated heterocycles. The lowest BCUT2D eigenvalue weighted by Crippen LogP contribution is -2.38. The van der Waals surface area contributed by atoms with E-state index in [1.807, 2.05) is 6.92 Å². The Kier molecular flexibility index (Phi) is 7.26. The molecule has 2 aliphatic heterocycles. The zero-order chi connectivity index (χ0) is 19.4. The Morgan fingerprint density at radius 2 is 1.56 bits per heavy atom. The minimum absolute atomic E-state index is 0.399. The molecule has 0 aromatic carbocycles. The molecular formula is C13H24N4O6S2. The fourth-order valence-electron chi connectivity index (χ4n) is 2.32. The first-order chi connectivity index (χ1) is 11.3. The van der Waals surface area contributed by atoms with Crippen molar-refractivity contribution in [3.63, 3.8) is 0 Å². The van der Waals surface area contributed by atoms with Gasteiger partial charge in [-0.3, -0.25) is 9.11 Å². The highest BCUT2D eigenvalue weighted by molar-refractivity contribution is 7.85. The van der Waals surface area contributed by atoms with Crippen molar-refractivity contribution in [1.82, 2.24) is 15.3 Å². The van der Waals surface area contributed by atoms with E-state index < -0.39 is 20.2 Å². The fourth-order valence-corrected chi connectivity index (χ4v) is 2.32. The van der Waals surface area contributed by atoms with Crippen LogP contribution in [0.15, 0.2) is 0 Å². The summed E-state index contributed by atoms with van der Waals surface area (Å²) in [7, 11) is -7.33. The van der Waals surface area contributed by atoms with Crippen molar-refractivity contribution in [2.75, 3.05) is 30.5 Å². The van der Waals surface area contributed by atoms with Crippen molar-refractivity contribution in [1.29, 1.82) is 0 Å². The molecular weight excluding hydrogens is 372 g/mol. The number of aryl methyl sites for hydroxylation is 1. The number of aromatic nitrogens is 2. The third-order valence-electron chi connectivity index (χ3n) is 3.28. The molecule has 1 aromatic rings. The van der Waals surface area contributed by atoms with Crippen LogP contribution in [0.3, 0.4) is 0 Å². The van der Waals surface area contributed by atoms with E-state index in [0.717, 1.165) is 25.5 Å². The summed E-state index contributed by atoms with van der Waals surface area (Å²) in [5, 5.41) is 3.43. The molecule has 3 rings (SSSR count). The van der Waals surface area contributed by atoms with Crippen LogP contribution in [0.4, 0.5) is 5.82 Å². The van der Waals surface area contributed by atoms with Crippen molar-refractivity contribution >= 4 is 26.1 Å². The van der Waals surface area contributed by atoms with E-state index in [1.165, 1.54) is 23.5 Å². The number of hydrogen-bond donors (Lipinski definition) is 3. The van der Waals surface area contributed by atoms with E-state index in [4.69, 9.17) is 9.11 Å². The molecule has 1 atom stereocenters. The second-order valence-corrected chi connectivity index (χ2v) is 8.80. The van der Waals surface area contributed by atoms with E-state index in [-0.39, 0.29) is 0 Å². The minimum Gasteiger partial charge on any atom is -0.356 e. The third-order valence-corrected chi connectivity index (χ3v) is 3.28. The number of nitrogens with one attached hydrogen (secondary N) is 1. The van der Waals surface area contributed by atoms with Gasteiger partial charge in [0.15, 0.2) is 0 Å². The highest BCUT2D eigenvalue weighted by atomic mass is 32.2. The summed E-state index contributed by atoms with van der Waals surface area (Å²) in [5.41, 5.74) is 2.51. The Morgan fingerprint density at radius 3 is 1.96 bits per heavy atom. The fraction of sp³-hybridized carbons (Fsp3) is 0.692. The maximum atomic E-state index is 9.19. The first kappa shape index (κ1) is 21.7. The van der Waals surface area contributed by atoms with Gasteiger partial charge in [-0.25, -0.2) is 9.97 Å². The summed E-state index contributed by atoms with van der Waals surface area (Å²) >= 11 is 0. The van der Waals surface area contributed by atoms with Gasteiger partial charge in [0, 0.05) is 31.2 Å². The molecule has 3 heterocycles. The first-order valence-corrected chi connectivity index (χ1v) is 11.2. The molecule has 1 fully saturated rings. The number of hydrogen-bond acceptors (Lipinski definition) is 8. The van der Waals surface area contributed by atoms with Crippen molar-refractivity contribution in [2.24, 2.45) is 0 Å². The average molecular weight is 396 g/mol. The van der Waals surface area contributed by atoms with Crippen molar-refractivity contribution < 1.29 is 25.9 Å². The SMILES string of the molecule is CS(=O)(=O)O.CS(=O)(=O)O.Cc1nc2c(c(N3CCC3)n1)C(C)NC2. The maximum Gasteiger partial charge on any atom is 0.261 e. The van der Waals surface area contributed by atoms with Crippen molar-refractivity contribution in [3.05, 3.63) is 17.1 Å². The van der Waals surface area contributed by atoms with Crippen molar-refractivity contribution in [2.45, 2.75) is 32.9 Å². The van der Waals surface area contributed by atoms with Crippen LogP contribution in [0.2, 0.25) is 0 Å². The predicted octanol–water partition coefficient (Wildman–Crippen LogP) is 0.167. The topological polar surface area (TPSA) is 150 Å². The maximum absolute atomic E-state index is 9.19. The monoisotopic (exact) mass is 396 g/mol. The van der Waals surface area contributed by atoms with Gasteiger partial charge in [0.2, 0.25) is 0 Å². The van der Waals surface area contributed by atoms with Gasteiger partial charge in [0.05, 0.1) is 18.2 Å². The second-order valence-electron chi connectivity index (χ2n) is 5.86. The number of anilines is 1. The van der Waals surface area contributed by atoms with E-state index in [1.54, 1.807) is 0 Å². The van der Waals surface area contributed by atoms with Crippen LogP contribution >= 0.6 is 0 Å². The molecule has 25 heavy (non-hydrogen) atoms. The summed E-state index contributed by atoms with van der Waals surface area (Å²) in [6, 6.07) is 0.399. The quantitative estimate of drug-likeness (QED) is 0.560. The molecule has 0 amide bonds. The zero-order valence-electron chi connectivity index (χ0n) is 14.6. The van der Waals surface area contributed by atoms with Gasteiger partial charge >= 0.3 is 0 Å². The highest BCUT2D eigenvalue weighted by Gasteiger charge is 2.28. The molecule has 1 aromatic heterocycles. The lowest BCUT2D eigenvalue weighted by Gasteiger charge is -2.34. The second kappa shape index (κ2) is 8.36. The highest BCUT2D eigenvalue weighted by Crippen LogP contribution is 2.33. The van der Waals surface area contributed by atoms with Crippen LogP contribution in [0.25, 0.3) is 0 Å². The first-order valence-electron chi connectivity index (χ1n) is 7.46. The number of nitrogens with zero attached hydrogens (tertiary/aromatic N) is 3. The van der Waals surface area contributed by atoms with E-state index in [2.05, 4.69) is 27.1 Å². The molecule has 0 radical (unpaired) electrons. The molecule has 0 saturated carbocycles. The van der Waals surface area contributed by atoms with E-state index in [9.17, 15) is 16.8 Å². The molecule has 12 heteroatoms. The number of fused-ring (bicyclic) bond motifs is 1. The van der Waals surface area contributed by atoms with E-state index >= 15 is 0 Å². The van der Waals surface area contributed by atoms with Crippen LogP contribution in [-0.2, 0) is 26.8 Å². The molecule has 0 spiro atoms.